The van der Waals surface area contributed by atoms with Gasteiger partial charge in [0.05, 0.1) is 0 Å². The number of aliphatic carboxylic acids is 1. The Labute approximate surface area is 333 Å². The highest BCUT2D eigenvalue weighted by Gasteiger charge is 2.19. The highest BCUT2D eigenvalue weighted by molar-refractivity contribution is 5.83. The zero-order chi connectivity index (χ0) is 39.6. The summed E-state index contributed by atoms with van der Waals surface area (Å²) in [7, 11) is 0. The van der Waals surface area contributed by atoms with Gasteiger partial charge in [-0.05, 0) is 116 Å². The minimum absolute atomic E-state index is 0.0128. The standard InChI is InChI=1S/C47H86N2O5/c1-3-5-7-9-11-13-15-17-18-20-21-23-25-28-32-37-43(38-33-29-27-30-34-40-45(50)49-44(47(52)53)39-36-42-48)54-46(51)41-35-31-26-24-22-19-16-14-12-10-8-6-4-2/h14-17,20-21,43-44H,3-13,18-19,22-42,48H2,1-2H3,(H,49,50)(H,52,53)/b16-14-,17-15-,21-20-. The second-order valence-electron chi connectivity index (χ2n) is 15.5. The molecule has 0 saturated carbocycles. The molecule has 54 heavy (non-hydrogen) atoms. The average molecular weight is 759 g/mol. The van der Waals surface area contributed by atoms with E-state index in [9.17, 15) is 19.5 Å². The maximum absolute atomic E-state index is 12.8. The molecule has 0 rings (SSSR count). The molecule has 1 amide bonds. The third kappa shape index (κ3) is 37.9. The summed E-state index contributed by atoms with van der Waals surface area (Å²) < 4.78 is 6.04. The third-order valence-corrected chi connectivity index (χ3v) is 10.2. The van der Waals surface area contributed by atoms with Gasteiger partial charge in [-0.25, -0.2) is 4.79 Å². The van der Waals surface area contributed by atoms with Crippen molar-refractivity contribution in [3.05, 3.63) is 36.5 Å². The van der Waals surface area contributed by atoms with Crippen LogP contribution in [-0.4, -0.2) is 41.6 Å². The highest BCUT2D eigenvalue weighted by atomic mass is 16.5. The first-order valence-corrected chi connectivity index (χ1v) is 22.8. The smallest absolute Gasteiger partial charge is 0.326 e. The molecule has 0 aromatic carbocycles. The van der Waals surface area contributed by atoms with E-state index >= 15 is 0 Å². The van der Waals surface area contributed by atoms with E-state index in [1.54, 1.807) is 0 Å². The molecule has 0 aliphatic carbocycles. The number of allylic oxidation sites excluding steroid dienone is 6. The second-order valence-corrected chi connectivity index (χ2v) is 15.5. The van der Waals surface area contributed by atoms with E-state index in [1.807, 2.05) is 0 Å². The number of carboxylic acid groups (broad SMARTS) is 1. The van der Waals surface area contributed by atoms with Crippen LogP contribution in [0, 0.1) is 0 Å². The van der Waals surface area contributed by atoms with Gasteiger partial charge in [-0.1, -0.05) is 140 Å². The molecule has 7 nitrogen and oxygen atoms in total. The van der Waals surface area contributed by atoms with Gasteiger partial charge in [-0.2, -0.15) is 0 Å². The molecule has 0 radical (unpaired) electrons. The number of unbranched alkanes of at least 4 members (excludes halogenated alkanes) is 21. The minimum atomic E-state index is -1.01. The minimum Gasteiger partial charge on any atom is -0.480 e. The zero-order valence-corrected chi connectivity index (χ0v) is 35.3. The molecule has 0 bridgehead atoms. The first-order chi connectivity index (χ1) is 26.4. The molecule has 2 unspecified atom stereocenters. The molecule has 0 aliphatic heterocycles. The molecule has 2 atom stereocenters. The number of carbonyl (C=O) groups excluding carboxylic acids is 2. The van der Waals surface area contributed by atoms with Crippen LogP contribution < -0.4 is 11.1 Å². The summed E-state index contributed by atoms with van der Waals surface area (Å²) >= 11 is 0. The molecule has 0 aromatic rings. The van der Waals surface area contributed by atoms with Crippen molar-refractivity contribution in [1.82, 2.24) is 5.32 Å². The van der Waals surface area contributed by atoms with E-state index < -0.39 is 12.0 Å². The summed E-state index contributed by atoms with van der Waals surface area (Å²) in [6.07, 6.45) is 49.0. The number of ether oxygens (including phenoxy) is 1. The van der Waals surface area contributed by atoms with Crippen molar-refractivity contribution in [2.45, 2.75) is 238 Å². The maximum atomic E-state index is 12.8. The van der Waals surface area contributed by atoms with Crippen LogP contribution in [0.4, 0.5) is 0 Å². The van der Waals surface area contributed by atoms with Gasteiger partial charge in [-0.15, -0.1) is 0 Å². The molecule has 0 spiro atoms. The summed E-state index contributed by atoms with van der Waals surface area (Å²) in [5, 5.41) is 11.9. The normalized spacial score (nSPS) is 12.9. The largest absolute Gasteiger partial charge is 0.480 e. The Kier molecular flexibility index (Phi) is 39.9. The number of hydrogen-bond donors (Lipinski definition) is 3. The Morgan fingerprint density at radius 3 is 1.48 bits per heavy atom. The lowest BCUT2D eigenvalue weighted by Gasteiger charge is -2.18. The molecule has 7 heteroatoms. The number of carbonyl (C=O) groups is 3. The maximum Gasteiger partial charge on any atom is 0.326 e. The van der Waals surface area contributed by atoms with Gasteiger partial charge in [0.15, 0.2) is 0 Å². The Balaban J connectivity index is 4.40. The van der Waals surface area contributed by atoms with Crippen LogP contribution in [0.2, 0.25) is 0 Å². The summed E-state index contributed by atoms with van der Waals surface area (Å²) in [5.41, 5.74) is 5.49. The van der Waals surface area contributed by atoms with E-state index in [0.29, 0.717) is 32.2 Å². The van der Waals surface area contributed by atoms with Crippen LogP contribution in [0.1, 0.15) is 226 Å². The number of amides is 1. The lowest BCUT2D eigenvalue weighted by Crippen LogP contribution is -2.40. The van der Waals surface area contributed by atoms with Crippen molar-refractivity contribution in [2.75, 3.05) is 6.54 Å². The van der Waals surface area contributed by atoms with Crippen molar-refractivity contribution < 1.29 is 24.2 Å². The quantitative estimate of drug-likeness (QED) is 0.0324. The molecule has 0 heterocycles. The predicted octanol–water partition coefficient (Wildman–Crippen LogP) is 13.0. The molecule has 0 saturated heterocycles. The highest BCUT2D eigenvalue weighted by Crippen LogP contribution is 2.18. The zero-order valence-electron chi connectivity index (χ0n) is 35.3. The fourth-order valence-electron chi connectivity index (χ4n) is 6.71. The lowest BCUT2D eigenvalue weighted by molar-refractivity contribution is -0.150. The van der Waals surface area contributed by atoms with E-state index in [2.05, 4.69) is 55.6 Å². The Morgan fingerprint density at radius 1 is 0.537 bits per heavy atom. The van der Waals surface area contributed by atoms with Gasteiger partial charge in [0.1, 0.15) is 12.1 Å². The molecule has 0 aromatic heterocycles. The molecule has 314 valence electrons. The number of esters is 1. The first kappa shape index (κ1) is 51.6. The van der Waals surface area contributed by atoms with E-state index in [0.717, 1.165) is 83.5 Å². The van der Waals surface area contributed by atoms with Crippen molar-refractivity contribution in [1.29, 1.82) is 0 Å². The number of nitrogens with one attached hydrogen (secondary N) is 1. The van der Waals surface area contributed by atoms with Crippen molar-refractivity contribution in [3.8, 4) is 0 Å². The van der Waals surface area contributed by atoms with Crippen LogP contribution in [0.25, 0.3) is 0 Å². The number of rotatable bonds is 41. The van der Waals surface area contributed by atoms with Gasteiger partial charge in [0.25, 0.3) is 0 Å². The number of hydrogen-bond acceptors (Lipinski definition) is 5. The molecular weight excluding hydrogens is 673 g/mol. The Morgan fingerprint density at radius 2 is 0.963 bits per heavy atom. The molecule has 0 aliphatic rings. The van der Waals surface area contributed by atoms with E-state index in [-0.39, 0.29) is 18.0 Å². The third-order valence-electron chi connectivity index (χ3n) is 10.2. The van der Waals surface area contributed by atoms with Crippen LogP contribution in [-0.2, 0) is 19.1 Å². The van der Waals surface area contributed by atoms with E-state index in [1.165, 1.54) is 103 Å². The fourth-order valence-corrected chi connectivity index (χ4v) is 6.71. The Hall–Kier alpha value is -2.41. The molecular formula is C47H86N2O5. The van der Waals surface area contributed by atoms with Crippen LogP contribution in [0.5, 0.6) is 0 Å². The predicted molar refractivity (Wildman–Crippen MR) is 230 cm³/mol. The SMILES string of the molecule is CCCCCC/C=C\CCCCCCCC(=O)OC(CCCCC/C=C\C/C=C\CCCCCCC)CCCCCCCC(=O)NC(CCCN)C(=O)O. The second kappa shape index (κ2) is 41.7. The number of carboxylic acids is 1. The Bertz CT molecular complexity index is 946. The monoisotopic (exact) mass is 759 g/mol. The van der Waals surface area contributed by atoms with Crippen LogP contribution in [0.15, 0.2) is 36.5 Å². The van der Waals surface area contributed by atoms with Gasteiger partial charge in [0, 0.05) is 12.8 Å². The van der Waals surface area contributed by atoms with Crippen LogP contribution in [0.3, 0.4) is 0 Å². The van der Waals surface area contributed by atoms with Crippen molar-refractivity contribution >= 4 is 17.8 Å². The summed E-state index contributed by atoms with van der Waals surface area (Å²) in [5.74, 6) is -1.25. The number of nitrogens with two attached hydrogens (primary N) is 1. The average Bonchev–Trinajstić information content (AvgIpc) is 3.16. The molecule has 4 N–H and O–H groups in total. The fraction of sp³-hybridized carbons (Fsp3) is 0.809. The van der Waals surface area contributed by atoms with E-state index in [4.69, 9.17) is 10.5 Å². The van der Waals surface area contributed by atoms with Crippen molar-refractivity contribution in [2.24, 2.45) is 5.73 Å². The summed E-state index contributed by atoms with van der Waals surface area (Å²) in [6, 6.07) is -0.860. The lowest BCUT2D eigenvalue weighted by atomic mass is 10.0. The topological polar surface area (TPSA) is 119 Å². The first-order valence-electron chi connectivity index (χ1n) is 22.8. The van der Waals surface area contributed by atoms with Crippen LogP contribution >= 0.6 is 0 Å². The van der Waals surface area contributed by atoms with Gasteiger partial charge in [0.2, 0.25) is 5.91 Å². The summed E-state index contributed by atoms with van der Waals surface area (Å²) in [4.78, 5) is 36.4. The van der Waals surface area contributed by atoms with Gasteiger partial charge in [-0.3, -0.25) is 9.59 Å². The van der Waals surface area contributed by atoms with Crippen molar-refractivity contribution in [3.63, 3.8) is 0 Å². The summed E-state index contributed by atoms with van der Waals surface area (Å²) in [6.45, 7) is 4.92. The molecule has 0 fully saturated rings. The van der Waals surface area contributed by atoms with Gasteiger partial charge >= 0.3 is 11.9 Å². The van der Waals surface area contributed by atoms with Gasteiger partial charge < -0.3 is 20.9 Å².